The highest BCUT2D eigenvalue weighted by Gasteiger charge is 2.20. The predicted octanol–water partition coefficient (Wildman–Crippen LogP) is 3.63. The molecule has 1 aromatic carbocycles. The Morgan fingerprint density at radius 3 is 2.88 bits per heavy atom. The minimum absolute atomic E-state index is 0.0895. The molecule has 1 amide bonds. The number of carbonyl (C=O) groups excluding carboxylic acids is 1. The fourth-order valence-corrected chi connectivity index (χ4v) is 3.35. The van der Waals surface area contributed by atoms with E-state index in [1.807, 2.05) is 6.07 Å². The van der Waals surface area contributed by atoms with Crippen LogP contribution in [0.4, 0.5) is 10.1 Å². The zero-order valence-corrected chi connectivity index (χ0v) is 14.7. The zero-order valence-electron chi connectivity index (χ0n) is 14.0. The van der Waals surface area contributed by atoms with E-state index in [1.165, 1.54) is 12.3 Å². The van der Waals surface area contributed by atoms with Gasteiger partial charge in [0.2, 0.25) is 0 Å². The first kappa shape index (κ1) is 17.7. The Morgan fingerprint density at radius 1 is 1.40 bits per heavy atom. The van der Waals surface area contributed by atoms with Gasteiger partial charge in [0.25, 0.3) is 5.91 Å². The standard InChI is InChI=1S/C18H22ClFN4O/c19-16-4-3-15(10-17(16)20)24-8-5-13(6-9-24)2-1-7-21-18(25)14-11-22-23-12-14/h3-4,10-13H,1-2,5-9H2,(H,21,25)(H,22,23). The fourth-order valence-electron chi connectivity index (χ4n) is 3.23. The lowest BCUT2D eigenvalue weighted by Gasteiger charge is -2.33. The Balaban J connectivity index is 1.36. The molecule has 7 heteroatoms. The second-order valence-electron chi connectivity index (χ2n) is 6.41. The van der Waals surface area contributed by atoms with Gasteiger partial charge in [0.15, 0.2) is 0 Å². The van der Waals surface area contributed by atoms with Crippen molar-refractivity contribution < 1.29 is 9.18 Å². The van der Waals surface area contributed by atoms with Gasteiger partial charge in [-0.2, -0.15) is 5.10 Å². The number of H-pyrrole nitrogens is 1. The number of benzene rings is 1. The van der Waals surface area contributed by atoms with Gasteiger partial charge in [0, 0.05) is 31.5 Å². The second-order valence-corrected chi connectivity index (χ2v) is 6.82. The molecule has 25 heavy (non-hydrogen) atoms. The summed E-state index contributed by atoms with van der Waals surface area (Å²) in [5.74, 6) is 0.196. The van der Waals surface area contributed by atoms with E-state index in [1.54, 1.807) is 12.3 Å². The lowest BCUT2D eigenvalue weighted by Crippen LogP contribution is -2.34. The molecule has 0 atom stereocenters. The van der Waals surface area contributed by atoms with E-state index in [2.05, 4.69) is 20.4 Å². The molecule has 1 aliphatic rings. The molecule has 2 aromatic rings. The molecular formula is C18H22ClFN4O. The number of aromatic amines is 1. The smallest absolute Gasteiger partial charge is 0.254 e. The molecule has 2 heterocycles. The highest BCUT2D eigenvalue weighted by atomic mass is 35.5. The maximum atomic E-state index is 13.6. The number of aromatic nitrogens is 2. The van der Waals surface area contributed by atoms with Crippen LogP contribution in [0.2, 0.25) is 5.02 Å². The number of nitrogens with one attached hydrogen (secondary N) is 2. The molecule has 0 radical (unpaired) electrons. The molecule has 1 fully saturated rings. The van der Waals surface area contributed by atoms with Crippen molar-refractivity contribution in [3.05, 3.63) is 47.0 Å². The van der Waals surface area contributed by atoms with E-state index < -0.39 is 0 Å². The van der Waals surface area contributed by atoms with Crippen molar-refractivity contribution in [2.45, 2.75) is 25.7 Å². The second kappa shape index (κ2) is 8.34. The molecule has 1 aromatic heterocycles. The molecule has 0 aliphatic carbocycles. The number of nitrogens with zero attached hydrogens (tertiary/aromatic N) is 2. The number of hydrogen-bond donors (Lipinski definition) is 2. The van der Waals surface area contributed by atoms with Crippen molar-refractivity contribution in [1.82, 2.24) is 15.5 Å². The van der Waals surface area contributed by atoms with Crippen LogP contribution in [0, 0.1) is 11.7 Å². The van der Waals surface area contributed by atoms with Gasteiger partial charge in [-0.05, 0) is 49.8 Å². The summed E-state index contributed by atoms with van der Waals surface area (Å²) in [5.41, 5.74) is 1.45. The van der Waals surface area contributed by atoms with Crippen molar-refractivity contribution in [2.24, 2.45) is 5.92 Å². The van der Waals surface area contributed by atoms with Crippen molar-refractivity contribution in [3.8, 4) is 0 Å². The van der Waals surface area contributed by atoms with Crippen LogP contribution in [-0.4, -0.2) is 35.7 Å². The number of rotatable bonds is 6. The molecule has 2 N–H and O–H groups in total. The number of halogens is 2. The third-order valence-electron chi connectivity index (χ3n) is 4.72. The molecule has 0 unspecified atom stereocenters. The van der Waals surface area contributed by atoms with E-state index in [-0.39, 0.29) is 16.7 Å². The number of anilines is 1. The summed E-state index contributed by atoms with van der Waals surface area (Å²) in [7, 11) is 0. The third kappa shape index (κ3) is 4.72. The number of amides is 1. The quantitative estimate of drug-likeness (QED) is 0.769. The van der Waals surface area contributed by atoms with Crippen LogP contribution in [0.1, 0.15) is 36.0 Å². The lowest BCUT2D eigenvalue weighted by molar-refractivity contribution is 0.0952. The number of piperidine rings is 1. The topological polar surface area (TPSA) is 61.0 Å². The van der Waals surface area contributed by atoms with E-state index in [0.717, 1.165) is 44.5 Å². The summed E-state index contributed by atoms with van der Waals surface area (Å²) in [6.07, 6.45) is 7.33. The van der Waals surface area contributed by atoms with Crippen LogP contribution in [0.3, 0.4) is 0 Å². The molecule has 134 valence electrons. The van der Waals surface area contributed by atoms with Gasteiger partial charge in [-0.15, -0.1) is 0 Å². The molecule has 0 saturated carbocycles. The lowest BCUT2D eigenvalue weighted by atomic mass is 9.92. The third-order valence-corrected chi connectivity index (χ3v) is 5.02. The van der Waals surface area contributed by atoms with Crippen molar-refractivity contribution in [1.29, 1.82) is 0 Å². The Hall–Kier alpha value is -2.08. The van der Waals surface area contributed by atoms with Gasteiger partial charge in [0.05, 0.1) is 16.8 Å². The number of hydrogen-bond acceptors (Lipinski definition) is 3. The van der Waals surface area contributed by atoms with E-state index >= 15 is 0 Å². The van der Waals surface area contributed by atoms with Gasteiger partial charge in [-0.1, -0.05) is 11.6 Å². The van der Waals surface area contributed by atoms with Crippen molar-refractivity contribution >= 4 is 23.2 Å². The molecule has 0 bridgehead atoms. The van der Waals surface area contributed by atoms with E-state index in [0.29, 0.717) is 18.0 Å². The average molecular weight is 365 g/mol. The van der Waals surface area contributed by atoms with E-state index in [9.17, 15) is 9.18 Å². The minimum atomic E-state index is -0.366. The highest BCUT2D eigenvalue weighted by molar-refractivity contribution is 6.30. The summed E-state index contributed by atoms with van der Waals surface area (Å²) < 4.78 is 13.6. The average Bonchev–Trinajstić information content (AvgIpc) is 3.16. The predicted molar refractivity (Wildman–Crippen MR) is 96.5 cm³/mol. The van der Waals surface area contributed by atoms with E-state index in [4.69, 9.17) is 11.6 Å². The van der Waals surface area contributed by atoms with Gasteiger partial charge in [-0.3, -0.25) is 9.89 Å². The minimum Gasteiger partial charge on any atom is -0.371 e. The van der Waals surface area contributed by atoms with Crippen LogP contribution >= 0.6 is 11.6 Å². The summed E-state index contributed by atoms with van der Waals surface area (Å²) >= 11 is 5.74. The summed E-state index contributed by atoms with van der Waals surface area (Å²) in [6, 6.07) is 4.99. The first-order chi connectivity index (χ1) is 12.1. The van der Waals surface area contributed by atoms with Crippen molar-refractivity contribution in [2.75, 3.05) is 24.5 Å². The molecule has 1 aliphatic heterocycles. The normalized spacial score (nSPS) is 15.4. The monoisotopic (exact) mass is 364 g/mol. The van der Waals surface area contributed by atoms with Crippen molar-refractivity contribution in [3.63, 3.8) is 0 Å². The Morgan fingerprint density at radius 2 is 2.20 bits per heavy atom. The summed E-state index contributed by atoms with van der Waals surface area (Å²) in [6.45, 7) is 2.52. The molecule has 3 rings (SSSR count). The molecular weight excluding hydrogens is 343 g/mol. The Labute approximate surface area is 151 Å². The largest absolute Gasteiger partial charge is 0.371 e. The van der Waals surface area contributed by atoms with Gasteiger partial charge in [0.1, 0.15) is 5.82 Å². The molecule has 0 spiro atoms. The van der Waals surface area contributed by atoms with Crippen LogP contribution < -0.4 is 10.2 Å². The molecule has 5 nitrogen and oxygen atoms in total. The maximum Gasteiger partial charge on any atom is 0.254 e. The van der Waals surface area contributed by atoms with Gasteiger partial charge >= 0.3 is 0 Å². The Kier molecular flexibility index (Phi) is 5.91. The molecule has 1 saturated heterocycles. The SMILES string of the molecule is O=C(NCCCC1CCN(c2ccc(Cl)c(F)c2)CC1)c1cn[nH]c1. The first-order valence-electron chi connectivity index (χ1n) is 8.60. The fraction of sp³-hybridized carbons (Fsp3) is 0.444. The number of carbonyl (C=O) groups is 1. The summed E-state index contributed by atoms with van der Waals surface area (Å²) in [5, 5.41) is 9.47. The zero-order chi connectivity index (χ0) is 17.6. The van der Waals surface area contributed by atoms with Crippen LogP contribution in [0.5, 0.6) is 0 Å². The van der Waals surface area contributed by atoms with Crippen LogP contribution in [0.15, 0.2) is 30.6 Å². The maximum absolute atomic E-state index is 13.6. The first-order valence-corrected chi connectivity index (χ1v) is 8.98. The van der Waals surface area contributed by atoms with Crippen LogP contribution in [-0.2, 0) is 0 Å². The highest BCUT2D eigenvalue weighted by Crippen LogP contribution is 2.28. The summed E-state index contributed by atoms with van der Waals surface area (Å²) in [4.78, 5) is 14.0. The van der Waals surface area contributed by atoms with Gasteiger partial charge in [-0.25, -0.2) is 4.39 Å². The Bertz CT molecular complexity index is 699. The van der Waals surface area contributed by atoms with Crippen LogP contribution in [0.25, 0.3) is 0 Å². The van der Waals surface area contributed by atoms with Gasteiger partial charge < -0.3 is 10.2 Å².